The first-order valence-electron chi connectivity index (χ1n) is 7.75. The second-order valence-corrected chi connectivity index (χ2v) is 9.40. The van der Waals surface area contributed by atoms with E-state index >= 15 is 0 Å². The average Bonchev–Trinajstić information content (AvgIpc) is 2.36. The van der Waals surface area contributed by atoms with Crippen molar-refractivity contribution < 1.29 is 28.0 Å². The van der Waals surface area contributed by atoms with Crippen LogP contribution in [0.3, 0.4) is 0 Å². The minimum Gasteiger partial charge on any atom is -0.324 e. The first kappa shape index (κ1) is 21.3. The van der Waals surface area contributed by atoms with E-state index in [4.69, 9.17) is 9.05 Å². The molecule has 0 heterocycles. The van der Waals surface area contributed by atoms with Gasteiger partial charge in [0.15, 0.2) is 5.90 Å². The fourth-order valence-electron chi connectivity index (χ4n) is 1.78. The summed E-state index contributed by atoms with van der Waals surface area (Å²) in [5.41, 5.74) is 0. The van der Waals surface area contributed by atoms with Crippen LogP contribution in [-0.4, -0.2) is 28.9 Å². The summed E-state index contributed by atoms with van der Waals surface area (Å²) in [5.74, 6) is -0.832. The molecule has 6 nitrogen and oxygen atoms in total. The van der Waals surface area contributed by atoms with Gasteiger partial charge in [-0.1, -0.05) is 52.4 Å². The van der Waals surface area contributed by atoms with Crippen molar-refractivity contribution in [2.24, 2.45) is 0 Å². The third kappa shape index (κ3) is 13.7. The Balaban J connectivity index is 3.93. The zero-order chi connectivity index (χ0) is 16.2. The van der Waals surface area contributed by atoms with Crippen LogP contribution in [-0.2, 0) is 18.2 Å². The molecular formula is C13H30O6P2. The minimum atomic E-state index is -4.06. The van der Waals surface area contributed by atoms with Gasteiger partial charge < -0.3 is 18.8 Å². The molecule has 0 radical (unpaired) electrons. The van der Waals surface area contributed by atoms with Crippen LogP contribution < -0.4 is 0 Å². The topological polar surface area (TPSA) is 93.1 Å². The fraction of sp³-hybridized carbons (Fsp3) is 1.00. The highest BCUT2D eigenvalue weighted by Crippen LogP contribution is 2.58. The predicted molar refractivity (Wildman–Crippen MR) is 84.7 cm³/mol. The molecule has 2 N–H and O–H groups in total. The van der Waals surface area contributed by atoms with Gasteiger partial charge in [-0.15, -0.1) is 0 Å². The number of rotatable bonds is 14. The summed E-state index contributed by atoms with van der Waals surface area (Å²) < 4.78 is 33.1. The van der Waals surface area contributed by atoms with Gasteiger partial charge in [0.05, 0.1) is 13.2 Å². The molecular weight excluding hydrogens is 314 g/mol. The van der Waals surface area contributed by atoms with E-state index < -0.39 is 21.1 Å². The molecule has 0 rings (SSSR count). The van der Waals surface area contributed by atoms with E-state index in [1.54, 1.807) is 0 Å². The second-order valence-electron chi connectivity index (χ2n) is 5.20. The fourth-order valence-corrected chi connectivity index (χ4v) is 5.07. The molecule has 8 heteroatoms. The van der Waals surface area contributed by atoms with Crippen LogP contribution >= 0.6 is 15.2 Å². The van der Waals surface area contributed by atoms with Crippen molar-refractivity contribution in [3.05, 3.63) is 0 Å². The lowest BCUT2D eigenvalue weighted by molar-refractivity contribution is 0.240. The summed E-state index contributed by atoms with van der Waals surface area (Å²) in [7, 11) is -8.12. The first-order valence-corrected chi connectivity index (χ1v) is 11.3. The quantitative estimate of drug-likeness (QED) is 0.356. The molecule has 0 saturated carbocycles. The molecule has 0 aromatic carbocycles. The average molecular weight is 344 g/mol. The standard InChI is InChI=1S/C13H30O6P2/c1-3-5-7-9-11-18-20(14,15)13-21(16,17)19-12-10-8-6-4-2/h3-13H2,1-2H3,(H,14,15)(H,16,17). The van der Waals surface area contributed by atoms with E-state index in [2.05, 4.69) is 13.8 Å². The van der Waals surface area contributed by atoms with Crippen LogP contribution in [0.1, 0.15) is 65.2 Å². The number of unbranched alkanes of at least 4 members (excludes halogenated alkanes) is 6. The second kappa shape index (κ2) is 11.8. The lowest BCUT2D eigenvalue weighted by Crippen LogP contribution is -2.01. The molecule has 0 amide bonds. The normalized spacial score (nSPS) is 17.3. The van der Waals surface area contributed by atoms with Gasteiger partial charge in [0.25, 0.3) is 0 Å². The lowest BCUT2D eigenvalue weighted by atomic mass is 10.2. The van der Waals surface area contributed by atoms with E-state index in [1.165, 1.54) is 0 Å². The van der Waals surface area contributed by atoms with Crippen LogP contribution in [0.4, 0.5) is 0 Å². The van der Waals surface area contributed by atoms with Gasteiger partial charge in [-0.3, -0.25) is 9.13 Å². The van der Waals surface area contributed by atoms with Crippen LogP contribution in [0, 0.1) is 0 Å². The third-order valence-corrected chi connectivity index (χ3v) is 6.97. The van der Waals surface area contributed by atoms with Gasteiger partial charge >= 0.3 is 15.2 Å². The summed E-state index contributed by atoms with van der Waals surface area (Å²) in [5, 5.41) is 0. The van der Waals surface area contributed by atoms with Crippen molar-refractivity contribution in [1.29, 1.82) is 0 Å². The van der Waals surface area contributed by atoms with Crippen LogP contribution in [0.25, 0.3) is 0 Å². The molecule has 2 atom stereocenters. The third-order valence-electron chi connectivity index (χ3n) is 2.94. The smallest absolute Gasteiger partial charge is 0.324 e. The SMILES string of the molecule is CCCCCCOP(=O)(O)CP(=O)(O)OCCCCCC. The highest BCUT2D eigenvalue weighted by molar-refractivity contribution is 7.70. The Morgan fingerprint density at radius 3 is 1.43 bits per heavy atom. The van der Waals surface area contributed by atoms with Gasteiger partial charge in [0, 0.05) is 0 Å². The van der Waals surface area contributed by atoms with E-state index in [0.717, 1.165) is 38.5 Å². The maximum absolute atomic E-state index is 11.7. The highest BCUT2D eigenvalue weighted by atomic mass is 31.2. The summed E-state index contributed by atoms with van der Waals surface area (Å²) >= 11 is 0. The molecule has 21 heavy (non-hydrogen) atoms. The summed E-state index contributed by atoms with van der Waals surface area (Å²) in [6.45, 7) is 4.39. The van der Waals surface area contributed by atoms with Gasteiger partial charge in [-0.05, 0) is 12.8 Å². The number of hydrogen-bond donors (Lipinski definition) is 2. The highest BCUT2D eigenvalue weighted by Gasteiger charge is 2.33. The largest absolute Gasteiger partial charge is 0.340 e. The van der Waals surface area contributed by atoms with Crippen LogP contribution in [0.15, 0.2) is 0 Å². The molecule has 0 aromatic rings. The van der Waals surface area contributed by atoms with Crippen molar-refractivity contribution in [2.45, 2.75) is 65.2 Å². The van der Waals surface area contributed by atoms with Crippen LogP contribution in [0.2, 0.25) is 0 Å². The van der Waals surface area contributed by atoms with Crippen molar-refractivity contribution in [1.82, 2.24) is 0 Å². The zero-order valence-electron chi connectivity index (χ0n) is 13.2. The first-order chi connectivity index (χ1) is 9.83. The number of hydrogen-bond acceptors (Lipinski definition) is 4. The molecule has 0 spiro atoms. The predicted octanol–water partition coefficient (Wildman–Crippen LogP) is 4.51. The molecule has 0 aromatic heterocycles. The molecule has 0 aliphatic carbocycles. The lowest BCUT2D eigenvalue weighted by Gasteiger charge is -2.16. The van der Waals surface area contributed by atoms with E-state index in [-0.39, 0.29) is 13.2 Å². The Labute approximate surface area is 128 Å². The zero-order valence-corrected chi connectivity index (χ0v) is 15.0. The van der Waals surface area contributed by atoms with Gasteiger partial charge in [0.2, 0.25) is 0 Å². The summed E-state index contributed by atoms with van der Waals surface area (Å²) in [4.78, 5) is 19.1. The maximum atomic E-state index is 11.7. The van der Waals surface area contributed by atoms with E-state index in [1.807, 2.05) is 0 Å². The Morgan fingerprint density at radius 2 is 1.10 bits per heavy atom. The van der Waals surface area contributed by atoms with Crippen molar-refractivity contribution in [2.75, 3.05) is 19.1 Å². The molecule has 0 fully saturated rings. The monoisotopic (exact) mass is 344 g/mol. The summed E-state index contributed by atoms with van der Waals surface area (Å²) in [6.07, 6.45) is 7.39. The van der Waals surface area contributed by atoms with Crippen molar-refractivity contribution >= 4 is 15.2 Å². The Bertz CT molecular complexity index is 316. The van der Waals surface area contributed by atoms with Crippen LogP contribution in [0.5, 0.6) is 0 Å². The summed E-state index contributed by atoms with van der Waals surface area (Å²) in [6, 6.07) is 0. The van der Waals surface area contributed by atoms with E-state index in [0.29, 0.717) is 12.8 Å². The van der Waals surface area contributed by atoms with Gasteiger partial charge in [-0.2, -0.15) is 0 Å². The Morgan fingerprint density at radius 1 is 0.714 bits per heavy atom. The molecule has 2 unspecified atom stereocenters. The van der Waals surface area contributed by atoms with Crippen molar-refractivity contribution in [3.63, 3.8) is 0 Å². The molecule has 0 aliphatic heterocycles. The van der Waals surface area contributed by atoms with E-state index in [9.17, 15) is 18.9 Å². The minimum absolute atomic E-state index is 0.129. The Kier molecular flexibility index (Phi) is 12.0. The molecule has 0 bridgehead atoms. The van der Waals surface area contributed by atoms with Gasteiger partial charge in [-0.25, -0.2) is 0 Å². The molecule has 0 aliphatic rings. The van der Waals surface area contributed by atoms with Gasteiger partial charge in [0.1, 0.15) is 0 Å². The van der Waals surface area contributed by atoms with Crippen molar-refractivity contribution in [3.8, 4) is 0 Å². The molecule has 0 saturated heterocycles. The maximum Gasteiger partial charge on any atom is 0.340 e. The Hall–Kier alpha value is 0.300. The molecule has 128 valence electrons.